The minimum Gasteiger partial charge on any atom is -0.466 e. The van der Waals surface area contributed by atoms with Crippen LogP contribution in [-0.4, -0.2) is 43.3 Å². The molecule has 6 aromatic rings. The number of nitrogens with zero attached hydrogens (tertiary/aromatic N) is 5. The van der Waals surface area contributed by atoms with Gasteiger partial charge >= 0.3 is 5.97 Å². The summed E-state index contributed by atoms with van der Waals surface area (Å²) in [6.07, 6.45) is 7.19. The average molecular weight is 658 g/mol. The number of benzene rings is 2. The van der Waals surface area contributed by atoms with Gasteiger partial charge in [0.05, 0.1) is 23.5 Å². The molecule has 218 valence electrons. The highest BCUT2D eigenvalue weighted by Gasteiger charge is 2.20. The van der Waals surface area contributed by atoms with Gasteiger partial charge in [-0.15, -0.1) is 21.5 Å². The maximum Gasteiger partial charge on any atom is 0.334 e. The number of aromatic nitrogens is 6. The van der Waals surface area contributed by atoms with Crippen LogP contribution in [0, 0.1) is 0 Å². The van der Waals surface area contributed by atoms with Gasteiger partial charge in [-0.1, -0.05) is 49.7 Å². The van der Waals surface area contributed by atoms with Gasteiger partial charge in [0, 0.05) is 46.3 Å². The first-order valence-electron chi connectivity index (χ1n) is 14.0. The summed E-state index contributed by atoms with van der Waals surface area (Å²) in [5.41, 5.74) is 4.97. The number of thiophene rings is 1. The van der Waals surface area contributed by atoms with Gasteiger partial charge in [-0.2, -0.15) is 5.21 Å². The minimum absolute atomic E-state index is 0.339. The predicted molar refractivity (Wildman–Crippen MR) is 170 cm³/mol. The summed E-state index contributed by atoms with van der Waals surface area (Å²) >= 11 is 5.43. The number of fused-ring (bicyclic) bond motifs is 1. The molecule has 9 nitrogen and oxygen atoms in total. The molecule has 0 radical (unpaired) electrons. The molecule has 4 heterocycles. The van der Waals surface area contributed by atoms with E-state index in [2.05, 4.69) is 60.2 Å². The van der Waals surface area contributed by atoms with E-state index in [-0.39, 0.29) is 5.97 Å². The molecule has 6 rings (SSSR count). The Labute approximate surface area is 260 Å². The highest BCUT2D eigenvalue weighted by Crippen LogP contribution is 2.41. The Kier molecular flexibility index (Phi) is 8.62. The number of methoxy groups -OCH3 is 1. The molecule has 0 spiro atoms. The standard InChI is InChI=1S/C32H29BrN6O3S/c1-3-4-11-28-34-18-22(16-21(32(40)41-2)17-23-8-7-14-43-23)39(28)19-20-12-13-27-26(15-20)29(33)30(42-27)24-9-5-6-10-25(24)31-35-37-38-36-31/h5-10,12-16,18H,3-4,11,17,19H2,1-2H3,(H,35,36,37,38)/b21-16+. The molecule has 0 bridgehead atoms. The van der Waals surface area contributed by atoms with Crippen LogP contribution in [0.1, 0.15) is 41.7 Å². The van der Waals surface area contributed by atoms with E-state index >= 15 is 0 Å². The number of aromatic amines is 1. The number of nitrogens with one attached hydrogen (secondary N) is 1. The van der Waals surface area contributed by atoms with E-state index in [4.69, 9.17) is 14.1 Å². The summed E-state index contributed by atoms with van der Waals surface area (Å²) in [5.74, 6) is 1.83. The molecule has 11 heteroatoms. The number of aryl methyl sites for hydroxylation is 1. The number of esters is 1. The Morgan fingerprint density at radius 3 is 2.77 bits per heavy atom. The Morgan fingerprint density at radius 2 is 2.02 bits per heavy atom. The highest BCUT2D eigenvalue weighted by molar-refractivity contribution is 9.10. The molecule has 0 fully saturated rings. The summed E-state index contributed by atoms with van der Waals surface area (Å²) in [6, 6.07) is 18.0. The number of halogens is 1. The quantitative estimate of drug-likeness (QED) is 0.114. The van der Waals surface area contributed by atoms with Gasteiger partial charge in [0.1, 0.15) is 17.2 Å². The number of furan rings is 1. The number of unbranched alkanes of at least 4 members (excludes halogenated alkanes) is 1. The van der Waals surface area contributed by atoms with E-state index < -0.39 is 0 Å². The van der Waals surface area contributed by atoms with Crippen LogP contribution < -0.4 is 0 Å². The SMILES string of the molecule is CCCCc1ncc(/C=C(\Cc2cccs2)C(=O)OC)n1Cc1ccc2oc(-c3ccccc3-c3nn[nH]n3)c(Br)c2c1. The average Bonchev–Trinajstić information content (AvgIpc) is 3.85. The highest BCUT2D eigenvalue weighted by atomic mass is 79.9. The first-order valence-corrected chi connectivity index (χ1v) is 15.6. The van der Waals surface area contributed by atoms with Crippen LogP contribution in [0.4, 0.5) is 0 Å². The monoisotopic (exact) mass is 656 g/mol. The Hall–Kier alpha value is -4.35. The maximum atomic E-state index is 12.7. The van der Waals surface area contributed by atoms with Gasteiger partial charge in [-0.25, -0.2) is 9.78 Å². The topological polar surface area (TPSA) is 112 Å². The zero-order valence-electron chi connectivity index (χ0n) is 23.7. The van der Waals surface area contributed by atoms with Crippen LogP contribution >= 0.6 is 27.3 Å². The van der Waals surface area contributed by atoms with Crippen molar-refractivity contribution in [3.8, 4) is 22.7 Å². The smallest absolute Gasteiger partial charge is 0.334 e. The second-order valence-electron chi connectivity index (χ2n) is 10.1. The normalized spacial score (nSPS) is 11.8. The van der Waals surface area contributed by atoms with Gasteiger partial charge in [-0.3, -0.25) is 0 Å². The molecule has 1 N–H and O–H groups in total. The van der Waals surface area contributed by atoms with Crippen molar-refractivity contribution in [3.05, 3.63) is 98.2 Å². The van der Waals surface area contributed by atoms with Crippen LogP contribution in [0.3, 0.4) is 0 Å². The van der Waals surface area contributed by atoms with Crippen molar-refractivity contribution in [3.63, 3.8) is 0 Å². The van der Waals surface area contributed by atoms with Crippen molar-refractivity contribution in [1.82, 2.24) is 30.2 Å². The predicted octanol–water partition coefficient (Wildman–Crippen LogP) is 7.49. The second-order valence-corrected chi connectivity index (χ2v) is 11.9. The fraction of sp³-hybridized carbons (Fsp3) is 0.219. The number of imidazole rings is 1. The van der Waals surface area contributed by atoms with Gasteiger partial charge in [0.25, 0.3) is 0 Å². The van der Waals surface area contributed by atoms with Crippen molar-refractivity contribution in [1.29, 1.82) is 0 Å². The number of tetrazole rings is 1. The molecule has 0 aliphatic rings. The molecule has 0 saturated heterocycles. The van der Waals surface area contributed by atoms with E-state index in [0.29, 0.717) is 30.1 Å². The maximum absolute atomic E-state index is 12.7. The molecule has 0 atom stereocenters. The zero-order chi connectivity index (χ0) is 29.8. The molecular formula is C32H29BrN6O3S. The second kappa shape index (κ2) is 12.9. The number of carbonyl (C=O) groups excluding carboxylic acids is 1. The summed E-state index contributed by atoms with van der Waals surface area (Å²) in [7, 11) is 1.42. The fourth-order valence-electron chi connectivity index (χ4n) is 5.07. The lowest BCUT2D eigenvalue weighted by atomic mass is 10.0. The van der Waals surface area contributed by atoms with Crippen LogP contribution in [0.5, 0.6) is 0 Å². The first-order chi connectivity index (χ1) is 21.1. The molecule has 0 unspecified atom stereocenters. The zero-order valence-corrected chi connectivity index (χ0v) is 26.1. The van der Waals surface area contributed by atoms with Crippen LogP contribution in [0.2, 0.25) is 0 Å². The molecular weight excluding hydrogens is 628 g/mol. The summed E-state index contributed by atoms with van der Waals surface area (Å²) < 4.78 is 14.5. The number of ether oxygens (including phenoxy) is 1. The number of rotatable bonds is 11. The number of carbonyl (C=O) groups is 1. The number of hydrogen-bond donors (Lipinski definition) is 1. The Balaban J connectivity index is 1.38. The van der Waals surface area contributed by atoms with Gasteiger partial charge in [0.15, 0.2) is 0 Å². The molecule has 43 heavy (non-hydrogen) atoms. The van der Waals surface area contributed by atoms with Crippen molar-refractivity contribution in [2.45, 2.75) is 39.2 Å². The van der Waals surface area contributed by atoms with E-state index in [1.54, 1.807) is 11.3 Å². The van der Waals surface area contributed by atoms with Gasteiger partial charge in [-0.05, 0) is 62.8 Å². The summed E-state index contributed by atoms with van der Waals surface area (Å²) in [6.45, 7) is 2.75. The third kappa shape index (κ3) is 6.09. The van der Waals surface area contributed by atoms with Crippen molar-refractivity contribution in [2.75, 3.05) is 7.11 Å². The largest absolute Gasteiger partial charge is 0.466 e. The molecule has 0 aliphatic carbocycles. The molecule has 0 amide bonds. The lowest BCUT2D eigenvalue weighted by Gasteiger charge is -2.12. The number of hydrogen-bond acceptors (Lipinski definition) is 8. The summed E-state index contributed by atoms with van der Waals surface area (Å²) in [4.78, 5) is 18.6. The van der Waals surface area contributed by atoms with E-state index in [1.165, 1.54) is 7.11 Å². The fourth-order valence-corrected chi connectivity index (χ4v) is 6.41. The van der Waals surface area contributed by atoms with Crippen molar-refractivity contribution in [2.24, 2.45) is 0 Å². The van der Waals surface area contributed by atoms with Gasteiger partial charge < -0.3 is 13.7 Å². The van der Waals surface area contributed by atoms with Crippen LogP contribution in [0.25, 0.3) is 39.8 Å². The van der Waals surface area contributed by atoms with Crippen LogP contribution in [0.15, 0.2) is 80.6 Å². The number of H-pyrrole nitrogens is 1. The lowest BCUT2D eigenvalue weighted by molar-refractivity contribution is -0.136. The van der Waals surface area contributed by atoms with Gasteiger partial charge in [0.2, 0.25) is 5.82 Å². The molecule has 0 aliphatic heterocycles. The van der Waals surface area contributed by atoms with E-state index in [9.17, 15) is 4.79 Å². The Morgan fingerprint density at radius 1 is 1.16 bits per heavy atom. The summed E-state index contributed by atoms with van der Waals surface area (Å²) in [5, 5.41) is 17.5. The Bertz CT molecular complexity index is 1890. The van der Waals surface area contributed by atoms with Crippen molar-refractivity contribution < 1.29 is 13.9 Å². The molecule has 4 aromatic heterocycles. The first kappa shape index (κ1) is 28.8. The van der Waals surface area contributed by atoms with E-state index in [1.807, 2.05) is 60.1 Å². The molecule has 0 saturated carbocycles. The van der Waals surface area contributed by atoms with E-state index in [0.717, 1.165) is 67.8 Å². The molecule has 2 aromatic carbocycles. The third-order valence-electron chi connectivity index (χ3n) is 7.23. The lowest BCUT2D eigenvalue weighted by Crippen LogP contribution is -2.10. The minimum atomic E-state index is -0.339. The van der Waals surface area contributed by atoms with Crippen molar-refractivity contribution >= 4 is 50.3 Å². The van der Waals surface area contributed by atoms with Crippen LogP contribution in [-0.2, 0) is 28.9 Å². The third-order valence-corrected chi connectivity index (χ3v) is 8.89.